The first-order chi connectivity index (χ1) is 18.4. The maximum atomic E-state index is 14.8. The maximum Gasteiger partial charge on any atom is 0.248 e. The second kappa shape index (κ2) is 12.3. The number of benzene rings is 4. The number of hydroxylamine groups is 1. The predicted molar refractivity (Wildman–Crippen MR) is 148 cm³/mol. The molecule has 0 saturated carbocycles. The molecular weight excluding hydrogens is 505 g/mol. The van der Waals surface area contributed by atoms with E-state index in [1.54, 1.807) is 42.5 Å². The van der Waals surface area contributed by atoms with Gasteiger partial charge in [-0.1, -0.05) is 72.3 Å². The molecule has 5 N–H and O–H groups in total. The van der Waals surface area contributed by atoms with Crippen molar-refractivity contribution in [1.82, 2.24) is 5.48 Å². The minimum absolute atomic E-state index is 0.137. The molecule has 1 atom stereocenters. The van der Waals surface area contributed by atoms with Crippen molar-refractivity contribution in [3.8, 4) is 11.1 Å². The molecule has 0 bridgehead atoms. The van der Waals surface area contributed by atoms with Crippen LogP contribution in [0.2, 0.25) is 5.02 Å². The number of rotatable bonds is 9. The highest BCUT2D eigenvalue weighted by Crippen LogP contribution is 2.27. The second-order valence-corrected chi connectivity index (χ2v) is 8.97. The zero-order valence-electron chi connectivity index (χ0n) is 20.2. The van der Waals surface area contributed by atoms with Gasteiger partial charge in [0.05, 0.1) is 22.4 Å². The third kappa shape index (κ3) is 6.52. The summed E-state index contributed by atoms with van der Waals surface area (Å²) in [4.78, 5) is 25.1. The van der Waals surface area contributed by atoms with E-state index in [0.717, 1.165) is 11.1 Å². The first-order valence-electron chi connectivity index (χ1n) is 11.8. The van der Waals surface area contributed by atoms with E-state index in [1.165, 1.54) is 24.3 Å². The van der Waals surface area contributed by atoms with Crippen molar-refractivity contribution < 1.29 is 19.2 Å². The second-order valence-electron chi connectivity index (χ2n) is 8.56. The number of hydrogen-bond donors (Lipinski definition) is 4. The van der Waals surface area contributed by atoms with Crippen LogP contribution < -0.4 is 16.5 Å². The molecule has 0 heterocycles. The van der Waals surface area contributed by atoms with Crippen LogP contribution in [0.4, 0.5) is 15.8 Å². The highest BCUT2D eigenvalue weighted by atomic mass is 35.5. The molecular formula is C30H25ClFN3O3. The van der Waals surface area contributed by atoms with Gasteiger partial charge in [-0.3, -0.25) is 9.59 Å². The Balaban J connectivity index is 1.41. The molecule has 4 rings (SSSR count). The Morgan fingerprint density at radius 1 is 0.947 bits per heavy atom. The zero-order valence-corrected chi connectivity index (χ0v) is 21.0. The number of ketones is 1. The van der Waals surface area contributed by atoms with Gasteiger partial charge in [-0.15, -0.1) is 0 Å². The van der Waals surface area contributed by atoms with Crippen LogP contribution in [0.15, 0.2) is 97.1 Å². The molecule has 1 amide bonds. The third-order valence-electron chi connectivity index (χ3n) is 5.98. The minimum atomic E-state index is -0.851. The molecule has 0 fully saturated rings. The van der Waals surface area contributed by atoms with E-state index in [4.69, 9.17) is 17.3 Å². The lowest BCUT2D eigenvalue weighted by molar-refractivity contribution is -0.111. The normalized spacial score (nSPS) is 11.9. The van der Waals surface area contributed by atoms with Gasteiger partial charge in [0.15, 0.2) is 5.78 Å². The molecule has 0 aliphatic carbocycles. The van der Waals surface area contributed by atoms with E-state index in [-0.39, 0.29) is 17.8 Å². The van der Waals surface area contributed by atoms with Crippen molar-refractivity contribution in [2.45, 2.75) is 12.5 Å². The van der Waals surface area contributed by atoms with Gasteiger partial charge in [-0.2, -0.15) is 5.48 Å². The van der Waals surface area contributed by atoms with Gasteiger partial charge in [-0.25, -0.2) is 4.39 Å². The third-order valence-corrected chi connectivity index (χ3v) is 6.31. The average molecular weight is 530 g/mol. The molecule has 4 aromatic rings. The molecule has 192 valence electrons. The van der Waals surface area contributed by atoms with Crippen LogP contribution in [-0.2, 0) is 4.79 Å². The summed E-state index contributed by atoms with van der Waals surface area (Å²) in [6.07, 6.45) is 2.40. The van der Waals surface area contributed by atoms with E-state index in [0.29, 0.717) is 27.5 Å². The van der Waals surface area contributed by atoms with Crippen molar-refractivity contribution in [1.29, 1.82) is 0 Å². The predicted octanol–water partition coefficient (Wildman–Crippen LogP) is 6.67. The van der Waals surface area contributed by atoms with E-state index in [1.807, 2.05) is 36.4 Å². The number of hydrogen-bond acceptors (Lipinski definition) is 5. The largest absolute Gasteiger partial charge is 0.397 e. The number of anilines is 2. The average Bonchev–Trinajstić information content (AvgIpc) is 2.92. The van der Waals surface area contributed by atoms with Gasteiger partial charge in [-0.05, 0) is 53.1 Å². The number of halogens is 2. The van der Waals surface area contributed by atoms with E-state index in [2.05, 4.69) is 10.8 Å². The Morgan fingerprint density at radius 2 is 1.68 bits per heavy atom. The van der Waals surface area contributed by atoms with Crippen LogP contribution in [0.5, 0.6) is 0 Å². The van der Waals surface area contributed by atoms with Crippen molar-refractivity contribution in [2.75, 3.05) is 11.1 Å². The molecule has 38 heavy (non-hydrogen) atoms. The van der Waals surface area contributed by atoms with Gasteiger partial charge < -0.3 is 16.3 Å². The van der Waals surface area contributed by atoms with Crippen molar-refractivity contribution in [3.63, 3.8) is 0 Å². The summed E-state index contributed by atoms with van der Waals surface area (Å²) >= 11 is 6.08. The van der Waals surface area contributed by atoms with Crippen LogP contribution in [0, 0.1) is 5.82 Å². The highest BCUT2D eigenvalue weighted by molar-refractivity contribution is 6.34. The topological polar surface area (TPSA) is 104 Å². The van der Waals surface area contributed by atoms with Crippen molar-refractivity contribution in [3.05, 3.63) is 125 Å². The Labute approximate surface area is 224 Å². The monoisotopic (exact) mass is 529 g/mol. The summed E-state index contributed by atoms with van der Waals surface area (Å²) in [5, 5.41) is 12.6. The van der Waals surface area contributed by atoms with Gasteiger partial charge in [0, 0.05) is 23.6 Å². The SMILES string of the molecule is Nc1cc(-c2ccccc2)ccc1NC(=O)/C=C/c1ccc(C(CC(=O)c2ccccc2Cl)NO)cc1F. The fourth-order valence-corrected chi connectivity index (χ4v) is 4.18. The number of amides is 1. The fraction of sp³-hybridized carbons (Fsp3) is 0.0667. The lowest BCUT2D eigenvalue weighted by atomic mass is 9.97. The number of carbonyl (C=O) groups excluding carboxylic acids is 2. The van der Waals surface area contributed by atoms with Crippen LogP contribution >= 0.6 is 11.6 Å². The molecule has 1 unspecified atom stereocenters. The first-order valence-corrected chi connectivity index (χ1v) is 12.1. The van der Waals surface area contributed by atoms with Gasteiger partial charge in [0.2, 0.25) is 5.91 Å². The van der Waals surface area contributed by atoms with E-state index >= 15 is 0 Å². The van der Waals surface area contributed by atoms with E-state index < -0.39 is 17.8 Å². The Morgan fingerprint density at radius 3 is 2.37 bits per heavy atom. The first kappa shape index (κ1) is 26.8. The summed E-state index contributed by atoms with van der Waals surface area (Å²) in [7, 11) is 0. The summed E-state index contributed by atoms with van der Waals surface area (Å²) in [6, 6.07) is 25.0. The van der Waals surface area contributed by atoms with Crippen molar-refractivity contribution in [2.24, 2.45) is 0 Å². The number of nitrogens with one attached hydrogen (secondary N) is 2. The summed E-state index contributed by atoms with van der Waals surface area (Å²) in [6.45, 7) is 0. The quantitative estimate of drug-likeness (QED) is 0.0838. The Bertz CT molecular complexity index is 1490. The number of nitrogen functional groups attached to an aromatic ring is 1. The molecule has 6 nitrogen and oxygen atoms in total. The number of carbonyl (C=O) groups is 2. The van der Waals surface area contributed by atoms with Gasteiger partial charge >= 0.3 is 0 Å². The molecule has 0 aliphatic heterocycles. The summed E-state index contributed by atoms with van der Waals surface area (Å²) in [5.74, 6) is -1.41. The molecule has 0 radical (unpaired) electrons. The molecule has 0 saturated heterocycles. The zero-order chi connectivity index (χ0) is 27.1. The number of nitrogens with two attached hydrogens (primary N) is 1. The molecule has 0 aromatic heterocycles. The molecule has 8 heteroatoms. The highest BCUT2D eigenvalue weighted by Gasteiger charge is 2.19. The van der Waals surface area contributed by atoms with Crippen LogP contribution in [0.3, 0.4) is 0 Å². The van der Waals surface area contributed by atoms with Gasteiger partial charge in [0.1, 0.15) is 5.82 Å². The van der Waals surface area contributed by atoms with Crippen LogP contribution in [0.25, 0.3) is 17.2 Å². The maximum absolute atomic E-state index is 14.8. The van der Waals surface area contributed by atoms with E-state index in [9.17, 15) is 19.2 Å². The van der Waals surface area contributed by atoms with Crippen LogP contribution in [0.1, 0.15) is 33.9 Å². The Kier molecular flexibility index (Phi) is 8.66. The number of Topliss-reactive ketones (excluding diaryl/α,β-unsaturated/α-hetero) is 1. The lowest BCUT2D eigenvalue weighted by Crippen LogP contribution is -2.21. The molecule has 0 spiro atoms. The van der Waals surface area contributed by atoms with Crippen molar-refractivity contribution >= 4 is 40.7 Å². The summed E-state index contributed by atoms with van der Waals surface area (Å²) < 4.78 is 14.8. The summed E-state index contributed by atoms with van der Waals surface area (Å²) in [5.41, 5.74) is 11.8. The fourth-order valence-electron chi connectivity index (χ4n) is 3.94. The Hall–Kier alpha value is -4.30. The van der Waals surface area contributed by atoms with Crippen LogP contribution in [-0.4, -0.2) is 16.9 Å². The molecule has 4 aromatic carbocycles. The smallest absolute Gasteiger partial charge is 0.248 e. The van der Waals surface area contributed by atoms with Gasteiger partial charge in [0.25, 0.3) is 0 Å². The minimum Gasteiger partial charge on any atom is -0.397 e. The molecule has 0 aliphatic rings. The standard InChI is InChI=1S/C30H25ClFN3O3/c31-24-9-5-4-8-23(24)29(36)18-28(35-38)22-11-10-20(25(32)16-22)13-15-30(37)34-27-14-12-21(17-26(27)33)19-6-2-1-3-7-19/h1-17,28,35,38H,18,33H2,(H,34,37)/b15-13+. The lowest BCUT2D eigenvalue weighted by Gasteiger charge is -2.16.